The van der Waals surface area contributed by atoms with Crippen LogP contribution in [0.1, 0.15) is 43.6 Å². The number of nitrogen functional groups attached to an aromatic ring is 1. The third kappa shape index (κ3) is 1.80. The van der Waals surface area contributed by atoms with Crippen molar-refractivity contribution in [1.82, 2.24) is 4.98 Å². The van der Waals surface area contributed by atoms with E-state index >= 15 is 0 Å². The molecule has 2 aromatic rings. The van der Waals surface area contributed by atoms with Gasteiger partial charge in [-0.05, 0) is 36.5 Å². The minimum Gasteiger partial charge on any atom is -0.375 e. The average molecular weight is 232 g/mol. The molecule has 1 aliphatic carbocycles. The monoisotopic (exact) mass is 232 g/mol. The highest BCUT2D eigenvalue weighted by Gasteiger charge is 2.16. The van der Waals surface area contributed by atoms with E-state index in [1.165, 1.54) is 42.4 Å². The highest BCUT2D eigenvalue weighted by atomic mass is 32.1. The van der Waals surface area contributed by atoms with Crippen LogP contribution in [0.4, 0.5) is 5.13 Å². The van der Waals surface area contributed by atoms with Crippen LogP contribution in [-0.2, 0) is 0 Å². The summed E-state index contributed by atoms with van der Waals surface area (Å²) in [7, 11) is 0. The summed E-state index contributed by atoms with van der Waals surface area (Å²) in [4.78, 5) is 4.30. The van der Waals surface area contributed by atoms with Crippen molar-refractivity contribution in [1.29, 1.82) is 0 Å². The first-order chi connectivity index (χ1) is 7.83. The Morgan fingerprint density at radius 3 is 2.81 bits per heavy atom. The average Bonchev–Trinajstić information content (AvgIpc) is 2.69. The summed E-state index contributed by atoms with van der Waals surface area (Å²) in [6.07, 6.45) is 6.87. The molecular formula is C13H16N2S. The van der Waals surface area contributed by atoms with E-state index in [0.29, 0.717) is 5.13 Å². The van der Waals surface area contributed by atoms with Crippen molar-refractivity contribution in [2.75, 3.05) is 5.73 Å². The molecule has 1 aromatic carbocycles. The fourth-order valence-electron chi connectivity index (χ4n) is 2.65. The van der Waals surface area contributed by atoms with Crippen molar-refractivity contribution in [3.05, 3.63) is 23.8 Å². The van der Waals surface area contributed by atoms with Gasteiger partial charge in [0.25, 0.3) is 0 Å². The maximum Gasteiger partial charge on any atom is 0.181 e. The van der Waals surface area contributed by atoms with E-state index in [-0.39, 0.29) is 0 Å². The van der Waals surface area contributed by atoms with Crippen LogP contribution >= 0.6 is 11.3 Å². The van der Waals surface area contributed by atoms with Gasteiger partial charge in [-0.2, -0.15) is 0 Å². The van der Waals surface area contributed by atoms with Crippen LogP contribution in [0, 0.1) is 0 Å². The molecule has 0 spiro atoms. The first kappa shape index (κ1) is 10.1. The van der Waals surface area contributed by atoms with E-state index in [0.717, 1.165) is 11.4 Å². The normalized spacial score (nSPS) is 18.0. The predicted octanol–water partition coefficient (Wildman–Crippen LogP) is 3.93. The van der Waals surface area contributed by atoms with Gasteiger partial charge in [-0.3, -0.25) is 0 Å². The Bertz CT molecular complexity index is 498. The Morgan fingerprint density at radius 2 is 2.00 bits per heavy atom. The van der Waals surface area contributed by atoms with Crippen LogP contribution in [0.15, 0.2) is 18.2 Å². The van der Waals surface area contributed by atoms with Gasteiger partial charge in [-0.15, -0.1) is 0 Å². The van der Waals surface area contributed by atoms with Gasteiger partial charge in [0.1, 0.15) is 0 Å². The quantitative estimate of drug-likeness (QED) is 0.809. The lowest BCUT2D eigenvalue weighted by atomic mass is 9.84. The molecular weight excluding hydrogens is 216 g/mol. The van der Waals surface area contributed by atoms with Gasteiger partial charge in [-0.1, -0.05) is 36.7 Å². The Morgan fingerprint density at radius 1 is 1.19 bits per heavy atom. The highest BCUT2D eigenvalue weighted by Crippen LogP contribution is 2.35. The molecule has 16 heavy (non-hydrogen) atoms. The maximum absolute atomic E-state index is 5.73. The molecule has 3 rings (SSSR count). The molecule has 0 bridgehead atoms. The molecule has 0 aliphatic heterocycles. The van der Waals surface area contributed by atoms with Crippen molar-refractivity contribution in [2.24, 2.45) is 0 Å². The van der Waals surface area contributed by atoms with Crippen LogP contribution in [0.25, 0.3) is 10.2 Å². The minimum absolute atomic E-state index is 0.677. The lowest BCUT2D eigenvalue weighted by molar-refractivity contribution is 0.444. The van der Waals surface area contributed by atoms with Crippen LogP contribution in [0.3, 0.4) is 0 Å². The number of rotatable bonds is 1. The molecule has 0 atom stereocenters. The van der Waals surface area contributed by atoms with Crippen LogP contribution in [0.5, 0.6) is 0 Å². The third-order valence-corrected chi connectivity index (χ3v) is 4.35. The summed E-state index contributed by atoms with van der Waals surface area (Å²) in [5.74, 6) is 0.765. The van der Waals surface area contributed by atoms with Crippen LogP contribution < -0.4 is 5.73 Å². The molecule has 0 amide bonds. The summed E-state index contributed by atoms with van der Waals surface area (Å²) in [5.41, 5.74) is 8.25. The first-order valence-corrected chi connectivity index (χ1v) is 6.80. The smallest absolute Gasteiger partial charge is 0.181 e. The number of nitrogens with zero attached hydrogens (tertiary/aromatic N) is 1. The zero-order valence-electron chi connectivity index (χ0n) is 9.28. The summed E-state index contributed by atoms with van der Waals surface area (Å²) in [6.45, 7) is 0. The molecule has 0 radical (unpaired) electrons. The van der Waals surface area contributed by atoms with E-state index in [1.807, 2.05) is 0 Å². The highest BCUT2D eigenvalue weighted by molar-refractivity contribution is 7.22. The number of benzene rings is 1. The Kier molecular flexibility index (Phi) is 2.56. The van der Waals surface area contributed by atoms with E-state index < -0.39 is 0 Å². The van der Waals surface area contributed by atoms with E-state index in [9.17, 15) is 0 Å². The molecule has 0 unspecified atom stereocenters. The molecule has 1 aromatic heterocycles. The second-order valence-corrected chi connectivity index (χ2v) is 5.68. The number of hydrogen-bond acceptors (Lipinski definition) is 3. The minimum atomic E-state index is 0.677. The molecule has 1 fully saturated rings. The van der Waals surface area contributed by atoms with E-state index in [2.05, 4.69) is 23.2 Å². The Balaban J connectivity index is 1.97. The predicted molar refractivity (Wildman–Crippen MR) is 69.9 cm³/mol. The zero-order valence-corrected chi connectivity index (χ0v) is 10.1. The molecule has 1 heterocycles. The van der Waals surface area contributed by atoms with Crippen LogP contribution in [-0.4, -0.2) is 4.98 Å². The number of fused-ring (bicyclic) bond motifs is 1. The molecule has 2 N–H and O–H groups in total. The molecule has 2 nitrogen and oxygen atoms in total. The molecule has 84 valence electrons. The summed E-state index contributed by atoms with van der Waals surface area (Å²) in [5, 5.41) is 0.677. The van der Waals surface area contributed by atoms with Crippen molar-refractivity contribution >= 4 is 26.7 Å². The lowest BCUT2D eigenvalue weighted by Gasteiger charge is -2.21. The summed E-state index contributed by atoms with van der Waals surface area (Å²) >= 11 is 1.60. The number of hydrogen-bond donors (Lipinski definition) is 1. The molecule has 1 saturated carbocycles. The largest absolute Gasteiger partial charge is 0.375 e. The maximum atomic E-state index is 5.73. The summed E-state index contributed by atoms with van der Waals surface area (Å²) in [6, 6.07) is 6.64. The lowest BCUT2D eigenvalue weighted by Crippen LogP contribution is -2.03. The van der Waals surface area contributed by atoms with Gasteiger partial charge < -0.3 is 5.73 Å². The fraction of sp³-hybridized carbons (Fsp3) is 0.462. The van der Waals surface area contributed by atoms with Gasteiger partial charge in [0, 0.05) is 0 Å². The van der Waals surface area contributed by atoms with Crippen molar-refractivity contribution < 1.29 is 0 Å². The zero-order chi connectivity index (χ0) is 11.0. The van der Waals surface area contributed by atoms with Crippen molar-refractivity contribution in [3.63, 3.8) is 0 Å². The Hall–Kier alpha value is -1.09. The van der Waals surface area contributed by atoms with Crippen LogP contribution in [0.2, 0.25) is 0 Å². The number of nitrogens with two attached hydrogens (primary N) is 1. The van der Waals surface area contributed by atoms with Crippen molar-refractivity contribution in [3.8, 4) is 0 Å². The number of thiazole rings is 1. The molecule has 1 aliphatic rings. The van der Waals surface area contributed by atoms with Gasteiger partial charge in [0.05, 0.1) is 10.2 Å². The summed E-state index contributed by atoms with van der Waals surface area (Å²) < 4.78 is 1.24. The van der Waals surface area contributed by atoms with E-state index in [1.54, 1.807) is 11.3 Å². The second-order valence-electron chi connectivity index (χ2n) is 4.61. The number of anilines is 1. The third-order valence-electron chi connectivity index (χ3n) is 3.51. The topological polar surface area (TPSA) is 38.9 Å². The first-order valence-electron chi connectivity index (χ1n) is 5.99. The molecule has 0 saturated heterocycles. The fourth-order valence-corrected chi connectivity index (χ4v) is 3.43. The molecule has 3 heteroatoms. The van der Waals surface area contributed by atoms with Crippen molar-refractivity contribution in [2.45, 2.75) is 38.0 Å². The van der Waals surface area contributed by atoms with Gasteiger partial charge in [-0.25, -0.2) is 4.98 Å². The number of aromatic nitrogens is 1. The van der Waals surface area contributed by atoms with E-state index in [4.69, 9.17) is 5.73 Å². The van der Waals surface area contributed by atoms with Gasteiger partial charge in [0.15, 0.2) is 5.13 Å². The van der Waals surface area contributed by atoms with Gasteiger partial charge >= 0.3 is 0 Å². The standard InChI is InChI=1S/C13H16N2S/c14-13-15-11-7-6-10(8-12(11)16-13)9-4-2-1-3-5-9/h6-9H,1-5H2,(H2,14,15). The van der Waals surface area contributed by atoms with Gasteiger partial charge in [0.2, 0.25) is 0 Å². The Labute approximate surface area is 99.5 Å². The second kappa shape index (κ2) is 4.06. The SMILES string of the molecule is Nc1nc2ccc(C3CCCCC3)cc2s1.